The molecule has 0 fully saturated rings. The summed E-state index contributed by atoms with van der Waals surface area (Å²) in [5, 5.41) is 0. The van der Waals surface area contributed by atoms with Crippen LogP contribution in [0.3, 0.4) is 0 Å². The van der Waals surface area contributed by atoms with Gasteiger partial charge in [0.2, 0.25) is 0 Å². The molecule has 0 spiro atoms. The maximum Gasteiger partial charge on any atom is 0.0498 e. The Morgan fingerprint density at radius 1 is 0.889 bits per heavy atom. The predicted molar refractivity (Wildman–Crippen MR) is 84.3 cm³/mol. The van der Waals surface area contributed by atoms with E-state index in [9.17, 15) is 0 Å². The van der Waals surface area contributed by atoms with E-state index in [2.05, 4.69) is 73.0 Å². The van der Waals surface area contributed by atoms with E-state index < -0.39 is 0 Å². The Hall–Kier alpha value is -1.86. The molecule has 0 nitrogen and oxygen atoms in total. The number of rotatable bonds is 5. The van der Waals surface area contributed by atoms with Gasteiger partial charge in [-0.2, -0.15) is 0 Å². The zero-order valence-corrected chi connectivity index (χ0v) is 12.0. The quantitative estimate of drug-likeness (QED) is 0.710. The van der Waals surface area contributed by atoms with Crippen molar-refractivity contribution in [2.75, 3.05) is 0 Å². The molecule has 0 unspecified atom stereocenters. The lowest BCUT2D eigenvalue weighted by Gasteiger charge is -1.99. The van der Waals surface area contributed by atoms with Crippen LogP contribution in [-0.2, 0) is 6.04 Å². The Labute approximate surface area is 112 Å². The van der Waals surface area contributed by atoms with Crippen LogP contribution >= 0.6 is 0 Å². The topological polar surface area (TPSA) is 0 Å². The summed E-state index contributed by atoms with van der Waals surface area (Å²) in [6, 6.07) is 20.4. The van der Waals surface area contributed by atoms with E-state index in [1.807, 2.05) is 6.08 Å². The molecule has 0 radical (unpaired) electrons. The van der Waals surface area contributed by atoms with Gasteiger partial charge in [-0.05, 0) is 17.2 Å². The average molecular weight is 250 g/mol. The number of benzene rings is 2. The van der Waals surface area contributed by atoms with Crippen LogP contribution in [0.25, 0.3) is 12.2 Å². The van der Waals surface area contributed by atoms with Gasteiger partial charge in [-0.15, -0.1) is 5.70 Å². The van der Waals surface area contributed by atoms with E-state index in [1.54, 1.807) is 0 Å². The standard InChI is InChI=1S/C17H18Si/c1-2-15-8-10-17(11-9-15)14-18-13-12-16-6-4-3-5-7-16/h2-13H,1,14,18H2. The fourth-order valence-corrected chi connectivity index (χ4v) is 3.13. The summed E-state index contributed by atoms with van der Waals surface area (Å²) in [7, 11) is -0.156. The van der Waals surface area contributed by atoms with Gasteiger partial charge in [-0.1, -0.05) is 78.9 Å². The van der Waals surface area contributed by atoms with Gasteiger partial charge in [0.25, 0.3) is 0 Å². The van der Waals surface area contributed by atoms with Crippen molar-refractivity contribution in [3.8, 4) is 0 Å². The van der Waals surface area contributed by atoms with E-state index in [1.165, 1.54) is 22.7 Å². The largest absolute Gasteiger partial charge is 0.101 e. The second-order valence-corrected chi connectivity index (χ2v) is 5.85. The summed E-state index contributed by atoms with van der Waals surface area (Å²) in [5.41, 5.74) is 6.30. The highest BCUT2D eigenvalue weighted by atomic mass is 28.2. The molecule has 2 rings (SSSR count). The third-order valence-electron chi connectivity index (χ3n) is 2.92. The van der Waals surface area contributed by atoms with Crippen molar-refractivity contribution in [3.05, 3.63) is 83.6 Å². The summed E-state index contributed by atoms with van der Waals surface area (Å²) in [6.45, 7) is 3.77. The van der Waals surface area contributed by atoms with Crippen LogP contribution in [-0.4, -0.2) is 9.52 Å². The maximum absolute atomic E-state index is 3.77. The molecule has 0 atom stereocenters. The van der Waals surface area contributed by atoms with Crippen molar-refractivity contribution in [1.82, 2.24) is 0 Å². The first-order valence-corrected chi connectivity index (χ1v) is 8.13. The van der Waals surface area contributed by atoms with Crippen molar-refractivity contribution in [1.29, 1.82) is 0 Å². The van der Waals surface area contributed by atoms with Crippen LogP contribution in [0.1, 0.15) is 16.7 Å². The molecule has 0 amide bonds. The van der Waals surface area contributed by atoms with Gasteiger partial charge < -0.3 is 0 Å². The molecule has 0 saturated heterocycles. The molecule has 2 aromatic carbocycles. The molecule has 0 bridgehead atoms. The van der Waals surface area contributed by atoms with Crippen LogP contribution in [0.15, 0.2) is 66.9 Å². The van der Waals surface area contributed by atoms with Gasteiger partial charge in [0.05, 0.1) is 0 Å². The highest BCUT2D eigenvalue weighted by molar-refractivity contribution is 6.42. The highest BCUT2D eigenvalue weighted by Crippen LogP contribution is 2.06. The first-order valence-electron chi connectivity index (χ1n) is 6.31. The van der Waals surface area contributed by atoms with Gasteiger partial charge in [-0.3, -0.25) is 0 Å². The Balaban J connectivity index is 1.84. The summed E-state index contributed by atoms with van der Waals surface area (Å²) in [6.07, 6.45) is 4.13. The van der Waals surface area contributed by atoms with Crippen LogP contribution in [0.4, 0.5) is 0 Å². The molecule has 0 saturated carbocycles. The minimum Gasteiger partial charge on any atom is -0.101 e. The van der Waals surface area contributed by atoms with E-state index in [0.29, 0.717) is 0 Å². The monoisotopic (exact) mass is 250 g/mol. The molecule has 0 aliphatic carbocycles. The van der Waals surface area contributed by atoms with Crippen LogP contribution in [0.5, 0.6) is 0 Å². The first-order chi connectivity index (χ1) is 8.88. The Morgan fingerprint density at radius 3 is 2.28 bits per heavy atom. The summed E-state index contributed by atoms with van der Waals surface area (Å²) in [5.74, 6) is 0. The van der Waals surface area contributed by atoms with E-state index in [-0.39, 0.29) is 9.52 Å². The van der Waals surface area contributed by atoms with Gasteiger partial charge in [0.1, 0.15) is 0 Å². The van der Waals surface area contributed by atoms with Crippen molar-refractivity contribution in [2.24, 2.45) is 0 Å². The Kier molecular flexibility index (Phi) is 4.74. The molecule has 0 aliphatic heterocycles. The molecule has 0 aliphatic rings. The van der Waals surface area contributed by atoms with Crippen LogP contribution < -0.4 is 0 Å². The minimum atomic E-state index is -0.156. The predicted octanol–water partition coefficient (Wildman–Crippen LogP) is 3.67. The summed E-state index contributed by atoms with van der Waals surface area (Å²) < 4.78 is 0. The molecular formula is C17H18Si. The minimum absolute atomic E-state index is 0.156. The fourth-order valence-electron chi connectivity index (χ4n) is 1.85. The van der Waals surface area contributed by atoms with Crippen LogP contribution in [0, 0.1) is 0 Å². The van der Waals surface area contributed by atoms with E-state index in [0.717, 1.165) is 0 Å². The van der Waals surface area contributed by atoms with Crippen molar-refractivity contribution < 1.29 is 0 Å². The van der Waals surface area contributed by atoms with Crippen molar-refractivity contribution in [3.63, 3.8) is 0 Å². The lowest BCUT2D eigenvalue weighted by Crippen LogP contribution is -1.92. The lowest BCUT2D eigenvalue weighted by atomic mass is 10.1. The molecular weight excluding hydrogens is 232 g/mol. The first kappa shape index (κ1) is 12.6. The Bertz CT molecular complexity index is 509. The fraction of sp³-hybridized carbons (Fsp3) is 0.0588. The third-order valence-corrected chi connectivity index (χ3v) is 4.36. The Morgan fingerprint density at radius 2 is 1.61 bits per heavy atom. The average Bonchev–Trinajstić information content (AvgIpc) is 2.45. The molecule has 18 heavy (non-hydrogen) atoms. The third kappa shape index (κ3) is 3.86. The van der Waals surface area contributed by atoms with Gasteiger partial charge >= 0.3 is 0 Å². The van der Waals surface area contributed by atoms with E-state index in [4.69, 9.17) is 0 Å². The zero-order valence-electron chi connectivity index (χ0n) is 10.5. The summed E-state index contributed by atoms with van der Waals surface area (Å²) in [4.78, 5) is 0. The molecule has 2 aromatic rings. The molecule has 90 valence electrons. The smallest absolute Gasteiger partial charge is 0.0498 e. The second kappa shape index (κ2) is 6.77. The van der Waals surface area contributed by atoms with Gasteiger partial charge in [0, 0.05) is 9.52 Å². The molecule has 0 aromatic heterocycles. The molecule has 0 heterocycles. The highest BCUT2D eigenvalue weighted by Gasteiger charge is 1.92. The van der Waals surface area contributed by atoms with Crippen molar-refractivity contribution >= 4 is 21.7 Å². The number of hydrogen-bond donors (Lipinski definition) is 0. The normalized spacial score (nSPS) is 11.3. The molecule has 0 N–H and O–H groups in total. The number of hydrogen-bond acceptors (Lipinski definition) is 0. The lowest BCUT2D eigenvalue weighted by molar-refractivity contribution is 1.38. The maximum atomic E-state index is 3.77. The van der Waals surface area contributed by atoms with Crippen LogP contribution in [0.2, 0.25) is 0 Å². The van der Waals surface area contributed by atoms with Crippen molar-refractivity contribution in [2.45, 2.75) is 6.04 Å². The zero-order chi connectivity index (χ0) is 12.6. The van der Waals surface area contributed by atoms with E-state index >= 15 is 0 Å². The van der Waals surface area contributed by atoms with Gasteiger partial charge in [0.15, 0.2) is 0 Å². The second-order valence-electron chi connectivity index (χ2n) is 4.30. The SMILES string of the molecule is C=Cc1ccc(C[SiH2]C=Cc2ccccc2)cc1. The van der Waals surface area contributed by atoms with Gasteiger partial charge in [-0.25, -0.2) is 0 Å². The molecule has 1 heteroatoms. The summed E-state index contributed by atoms with van der Waals surface area (Å²) >= 11 is 0.